The molecule has 0 aliphatic rings. The highest BCUT2D eigenvalue weighted by molar-refractivity contribution is 6.04. The molecule has 1 amide bonds. The first kappa shape index (κ1) is 14.0. The second-order valence-corrected chi connectivity index (χ2v) is 4.23. The fourth-order valence-corrected chi connectivity index (χ4v) is 1.65. The summed E-state index contributed by atoms with van der Waals surface area (Å²) in [6.45, 7) is -0.970. The summed E-state index contributed by atoms with van der Waals surface area (Å²) in [6, 6.07) is 12.9. The SMILES string of the molecule is Cc1ccc(NC(=O)c2cccc(OC(F)F)c2)cc1. The lowest BCUT2D eigenvalue weighted by Gasteiger charge is -2.08. The second kappa shape index (κ2) is 6.14. The van der Waals surface area contributed by atoms with E-state index in [1.807, 2.05) is 19.1 Å². The molecule has 0 unspecified atom stereocenters. The molecular formula is C15H13F2NO2. The van der Waals surface area contributed by atoms with Gasteiger partial charge in [-0.2, -0.15) is 8.78 Å². The van der Waals surface area contributed by atoms with E-state index in [0.29, 0.717) is 5.69 Å². The van der Waals surface area contributed by atoms with Gasteiger partial charge in [-0.3, -0.25) is 4.79 Å². The van der Waals surface area contributed by atoms with Crippen LogP contribution in [0.3, 0.4) is 0 Å². The molecular weight excluding hydrogens is 264 g/mol. The number of rotatable bonds is 4. The van der Waals surface area contributed by atoms with Crippen molar-refractivity contribution >= 4 is 11.6 Å². The third kappa shape index (κ3) is 3.78. The van der Waals surface area contributed by atoms with E-state index in [1.165, 1.54) is 24.3 Å². The Bertz CT molecular complexity index is 597. The number of ether oxygens (including phenoxy) is 1. The molecule has 1 N–H and O–H groups in total. The molecule has 2 aromatic rings. The summed E-state index contributed by atoms with van der Waals surface area (Å²) in [6.07, 6.45) is 0. The summed E-state index contributed by atoms with van der Waals surface area (Å²) in [5, 5.41) is 2.68. The molecule has 0 aromatic heterocycles. The Balaban J connectivity index is 2.10. The molecule has 20 heavy (non-hydrogen) atoms. The highest BCUT2D eigenvalue weighted by Gasteiger charge is 2.09. The monoisotopic (exact) mass is 277 g/mol. The van der Waals surface area contributed by atoms with Crippen LogP contribution in [0.25, 0.3) is 0 Å². The maximum Gasteiger partial charge on any atom is 0.387 e. The number of alkyl halides is 2. The number of halogens is 2. The predicted octanol–water partition coefficient (Wildman–Crippen LogP) is 3.85. The predicted molar refractivity (Wildman–Crippen MR) is 72.2 cm³/mol. The van der Waals surface area contributed by atoms with Gasteiger partial charge in [0, 0.05) is 11.3 Å². The van der Waals surface area contributed by atoms with Crippen LogP contribution in [0, 0.1) is 6.92 Å². The molecule has 104 valence electrons. The minimum atomic E-state index is -2.91. The van der Waals surface area contributed by atoms with Gasteiger partial charge in [-0.05, 0) is 37.3 Å². The minimum Gasteiger partial charge on any atom is -0.435 e. The van der Waals surface area contributed by atoms with Gasteiger partial charge >= 0.3 is 6.61 Å². The molecule has 2 aromatic carbocycles. The van der Waals surface area contributed by atoms with Gasteiger partial charge < -0.3 is 10.1 Å². The van der Waals surface area contributed by atoms with Crippen LogP contribution in [-0.2, 0) is 0 Å². The number of carbonyl (C=O) groups is 1. The zero-order valence-electron chi connectivity index (χ0n) is 10.8. The maximum absolute atomic E-state index is 12.1. The van der Waals surface area contributed by atoms with E-state index < -0.39 is 6.61 Å². The topological polar surface area (TPSA) is 38.3 Å². The van der Waals surface area contributed by atoms with Gasteiger partial charge in [0.05, 0.1) is 0 Å². The van der Waals surface area contributed by atoms with Crippen molar-refractivity contribution in [3.05, 3.63) is 59.7 Å². The van der Waals surface area contributed by atoms with Crippen molar-refractivity contribution in [3.63, 3.8) is 0 Å². The highest BCUT2D eigenvalue weighted by atomic mass is 19.3. The van der Waals surface area contributed by atoms with Crippen LogP contribution in [-0.4, -0.2) is 12.5 Å². The Morgan fingerprint density at radius 2 is 1.85 bits per heavy atom. The van der Waals surface area contributed by atoms with Crippen LogP contribution in [0.2, 0.25) is 0 Å². The Hall–Kier alpha value is -2.43. The number of carbonyl (C=O) groups excluding carboxylic acids is 1. The first-order valence-electron chi connectivity index (χ1n) is 5.97. The van der Waals surface area contributed by atoms with Crippen molar-refractivity contribution < 1.29 is 18.3 Å². The molecule has 0 fully saturated rings. The number of hydrogen-bond donors (Lipinski definition) is 1. The van der Waals surface area contributed by atoms with Crippen molar-refractivity contribution in [1.82, 2.24) is 0 Å². The van der Waals surface area contributed by atoms with Crippen molar-refractivity contribution in [2.75, 3.05) is 5.32 Å². The van der Waals surface area contributed by atoms with Gasteiger partial charge in [-0.1, -0.05) is 23.8 Å². The molecule has 0 saturated carbocycles. The number of aryl methyl sites for hydroxylation is 1. The molecule has 5 heteroatoms. The number of hydrogen-bond acceptors (Lipinski definition) is 2. The Morgan fingerprint density at radius 1 is 1.15 bits per heavy atom. The zero-order chi connectivity index (χ0) is 14.5. The van der Waals surface area contributed by atoms with Gasteiger partial charge in [0.1, 0.15) is 5.75 Å². The normalized spacial score (nSPS) is 10.4. The average molecular weight is 277 g/mol. The van der Waals surface area contributed by atoms with Gasteiger partial charge in [-0.25, -0.2) is 0 Å². The van der Waals surface area contributed by atoms with Crippen LogP contribution >= 0.6 is 0 Å². The minimum absolute atomic E-state index is 0.0449. The molecule has 0 aliphatic heterocycles. The van der Waals surface area contributed by atoms with Gasteiger partial charge in [0.25, 0.3) is 5.91 Å². The zero-order valence-corrected chi connectivity index (χ0v) is 10.8. The molecule has 2 rings (SSSR count). The second-order valence-electron chi connectivity index (χ2n) is 4.23. The highest BCUT2D eigenvalue weighted by Crippen LogP contribution is 2.17. The van der Waals surface area contributed by atoms with Crippen molar-refractivity contribution in [2.45, 2.75) is 13.5 Å². The summed E-state index contributed by atoms with van der Waals surface area (Å²) in [5.41, 5.74) is 1.97. The lowest BCUT2D eigenvalue weighted by atomic mass is 10.2. The van der Waals surface area contributed by atoms with E-state index in [0.717, 1.165) is 5.56 Å². The van der Waals surface area contributed by atoms with Crippen molar-refractivity contribution in [2.24, 2.45) is 0 Å². The lowest BCUT2D eigenvalue weighted by molar-refractivity contribution is -0.0498. The van der Waals surface area contributed by atoms with Gasteiger partial charge in [-0.15, -0.1) is 0 Å². The average Bonchev–Trinajstić information content (AvgIpc) is 2.41. The fourth-order valence-electron chi connectivity index (χ4n) is 1.65. The number of amides is 1. The summed E-state index contributed by atoms with van der Waals surface area (Å²) < 4.78 is 28.5. The third-order valence-corrected chi connectivity index (χ3v) is 2.63. The van der Waals surface area contributed by atoms with E-state index in [4.69, 9.17) is 0 Å². The molecule has 0 saturated heterocycles. The first-order chi connectivity index (χ1) is 9.54. The molecule has 0 spiro atoms. The van der Waals surface area contributed by atoms with Crippen molar-refractivity contribution in [1.29, 1.82) is 0 Å². The standard InChI is InChI=1S/C15H13F2NO2/c1-10-5-7-12(8-6-10)18-14(19)11-3-2-4-13(9-11)20-15(16)17/h2-9,15H,1H3,(H,18,19). The van der Waals surface area contributed by atoms with Crippen LogP contribution in [0.15, 0.2) is 48.5 Å². The van der Waals surface area contributed by atoms with Crippen LogP contribution in [0.5, 0.6) is 5.75 Å². The van der Waals surface area contributed by atoms with E-state index >= 15 is 0 Å². The van der Waals surface area contributed by atoms with Crippen LogP contribution < -0.4 is 10.1 Å². The largest absolute Gasteiger partial charge is 0.435 e. The van der Waals surface area contributed by atoms with E-state index in [1.54, 1.807) is 12.1 Å². The summed E-state index contributed by atoms with van der Waals surface area (Å²) in [4.78, 5) is 12.0. The fraction of sp³-hybridized carbons (Fsp3) is 0.133. The quantitative estimate of drug-likeness (QED) is 0.921. The molecule has 0 bridgehead atoms. The van der Waals surface area contributed by atoms with Crippen LogP contribution in [0.1, 0.15) is 15.9 Å². The summed E-state index contributed by atoms with van der Waals surface area (Å²) in [7, 11) is 0. The van der Waals surface area contributed by atoms with Gasteiger partial charge in [0.15, 0.2) is 0 Å². The molecule has 0 heterocycles. The third-order valence-electron chi connectivity index (χ3n) is 2.63. The smallest absolute Gasteiger partial charge is 0.387 e. The van der Waals surface area contributed by atoms with Gasteiger partial charge in [0.2, 0.25) is 0 Å². The maximum atomic E-state index is 12.1. The first-order valence-corrected chi connectivity index (χ1v) is 5.97. The van der Waals surface area contributed by atoms with E-state index in [9.17, 15) is 13.6 Å². The molecule has 0 atom stereocenters. The van der Waals surface area contributed by atoms with E-state index in [-0.39, 0.29) is 17.2 Å². The summed E-state index contributed by atoms with van der Waals surface area (Å²) >= 11 is 0. The van der Waals surface area contributed by atoms with Crippen molar-refractivity contribution in [3.8, 4) is 5.75 Å². The molecule has 0 aliphatic carbocycles. The Labute approximate surface area is 115 Å². The van der Waals surface area contributed by atoms with Crippen LogP contribution in [0.4, 0.5) is 14.5 Å². The molecule has 0 radical (unpaired) electrons. The Morgan fingerprint density at radius 3 is 2.50 bits per heavy atom. The number of benzene rings is 2. The summed E-state index contributed by atoms with van der Waals surface area (Å²) in [5.74, 6) is -0.426. The molecule has 3 nitrogen and oxygen atoms in total. The Kier molecular flexibility index (Phi) is 4.30. The number of anilines is 1. The lowest BCUT2D eigenvalue weighted by Crippen LogP contribution is -2.12. The number of nitrogens with one attached hydrogen (secondary N) is 1. The van der Waals surface area contributed by atoms with E-state index in [2.05, 4.69) is 10.1 Å².